The van der Waals surface area contributed by atoms with Gasteiger partial charge in [0.25, 0.3) is 5.91 Å². The maximum Gasteiger partial charge on any atom is 0.261 e. The van der Waals surface area contributed by atoms with E-state index in [1.165, 1.54) is 18.4 Å². The number of nitrogens with one attached hydrogen (secondary N) is 2. The summed E-state index contributed by atoms with van der Waals surface area (Å²) < 4.78 is 4.76. The molecule has 1 aromatic rings. The maximum atomic E-state index is 11.5. The molecule has 0 spiro atoms. The highest BCUT2D eigenvalue weighted by atomic mass is 35.5. The standard InChI is InChI=1S/C11H17N3O3S.ClH/c1-17-7-8(12)10(15)13-4-5-14-11(16)9-3-2-6-18-9;/h2-3,6,8H,4-5,7,12H2,1H3,(H,13,15)(H,14,16);1H. The Labute approximate surface area is 122 Å². The predicted molar refractivity (Wildman–Crippen MR) is 76.8 cm³/mol. The Bertz CT molecular complexity index is 387. The van der Waals surface area contributed by atoms with Gasteiger partial charge < -0.3 is 21.1 Å². The summed E-state index contributed by atoms with van der Waals surface area (Å²) in [7, 11) is 1.48. The van der Waals surface area contributed by atoms with Gasteiger partial charge in [0.15, 0.2) is 0 Å². The summed E-state index contributed by atoms with van der Waals surface area (Å²) in [5, 5.41) is 7.14. The molecule has 0 bridgehead atoms. The molecule has 0 saturated carbocycles. The fourth-order valence-corrected chi connectivity index (χ4v) is 1.88. The van der Waals surface area contributed by atoms with Crippen LogP contribution in [0.5, 0.6) is 0 Å². The minimum atomic E-state index is -0.678. The number of nitrogens with two attached hydrogens (primary N) is 1. The predicted octanol–water partition coefficient (Wildman–Crippen LogP) is -0.0104. The molecule has 1 rings (SSSR count). The van der Waals surface area contributed by atoms with Crippen molar-refractivity contribution in [1.29, 1.82) is 0 Å². The highest BCUT2D eigenvalue weighted by molar-refractivity contribution is 7.12. The molecule has 4 N–H and O–H groups in total. The van der Waals surface area contributed by atoms with Gasteiger partial charge >= 0.3 is 0 Å². The molecule has 0 aliphatic rings. The Kier molecular flexibility index (Phi) is 9.15. The summed E-state index contributed by atoms with van der Waals surface area (Å²) in [5.74, 6) is -0.428. The van der Waals surface area contributed by atoms with Crippen molar-refractivity contribution in [3.8, 4) is 0 Å². The van der Waals surface area contributed by atoms with E-state index in [9.17, 15) is 9.59 Å². The molecule has 6 nitrogen and oxygen atoms in total. The lowest BCUT2D eigenvalue weighted by atomic mass is 10.3. The van der Waals surface area contributed by atoms with Crippen LogP contribution in [0.3, 0.4) is 0 Å². The summed E-state index contributed by atoms with van der Waals surface area (Å²) in [6, 6.07) is 2.88. The van der Waals surface area contributed by atoms with Gasteiger partial charge in [0.2, 0.25) is 5.91 Å². The maximum absolute atomic E-state index is 11.5. The van der Waals surface area contributed by atoms with Gasteiger partial charge in [0, 0.05) is 20.2 Å². The van der Waals surface area contributed by atoms with E-state index in [1.807, 2.05) is 11.4 Å². The van der Waals surface area contributed by atoms with E-state index < -0.39 is 6.04 Å². The van der Waals surface area contributed by atoms with Gasteiger partial charge in [-0.1, -0.05) is 6.07 Å². The third kappa shape index (κ3) is 6.53. The third-order valence-corrected chi connectivity index (χ3v) is 3.01. The van der Waals surface area contributed by atoms with Crippen molar-refractivity contribution in [2.75, 3.05) is 26.8 Å². The number of hydrogen-bond donors (Lipinski definition) is 3. The molecular formula is C11H18ClN3O3S. The highest BCUT2D eigenvalue weighted by Gasteiger charge is 2.12. The van der Waals surface area contributed by atoms with Crippen LogP contribution < -0.4 is 16.4 Å². The summed E-state index contributed by atoms with van der Waals surface area (Å²) in [6.45, 7) is 0.878. The molecule has 0 fully saturated rings. The second kappa shape index (κ2) is 9.74. The van der Waals surface area contributed by atoms with E-state index in [2.05, 4.69) is 10.6 Å². The van der Waals surface area contributed by atoms with Crippen molar-refractivity contribution in [2.45, 2.75) is 6.04 Å². The van der Waals surface area contributed by atoms with E-state index in [1.54, 1.807) is 6.07 Å². The topological polar surface area (TPSA) is 93.4 Å². The number of hydrogen-bond acceptors (Lipinski definition) is 5. The SMILES string of the molecule is COCC(N)C(=O)NCCNC(=O)c1cccs1.Cl. The van der Waals surface area contributed by atoms with Crippen LogP contribution in [0, 0.1) is 0 Å². The summed E-state index contributed by atoms with van der Waals surface area (Å²) in [4.78, 5) is 23.6. The quantitative estimate of drug-likeness (QED) is 0.618. The number of methoxy groups -OCH3 is 1. The Morgan fingerprint density at radius 2 is 2.11 bits per heavy atom. The van der Waals surface area contributed by atoms with Gasteiger partial charge in [-0.25, -0.2) is 0 Å². The third-order valence-electron chi connectivity index (χ3n) is 2.14. The molecule has 1 heterocycles. The van der Waals surface area contributed by atoms with E-state index in [0.29, 0.717) is 18.0 Å². The largest absolute Gasteiger partial charge is 0.383 e. The lowest BCUT2D eigenvalue weighted by Gasteiger charge is -2.11. The van der Waals surface area contributed by atoms with Crippen molar-refractivity contribution in [2.24, 2.45) is 5.73 Å². The number of amides is 2. The highest BCUT2D eigenvalue weighted by Crippen LogP contribution is 2.07. The van der Waals surface area contributed by atoms with E-state index >= 15 is 0 Å². The number of rotatable bonds is 7. The van der Waals surface area contributed by atoms with Crippen LogP contribution in [0.4, 0.5) is 0 Å². The molecule has 0 radical (unpaired) electrons. The van der Waals surface area contributed by atoms with Crippen molar-refractivity contribution in [3.63, 3.8) is 0 Å². The van der Waals surface area contributed by atoms with Crippen molar-refractivity contribution >= 4 is 35.6 Å². The van der Waals surface area contributed by atoms with E-state index in [0.717, 1.165) is 0 Å². The molecule has 0 aliphatic carbocycles. The molecule has 1 aromatic heterocycles. The minimum Gasteiger partial charge on any atom is -0.383 e. The molecule has 1 unspecified atom stereocenters. The molecule has 0 saturated heterocycles. The fraction of sp³-hybridized carbons (Fsp3) is 0.455. The van der Waals surface area contributed by atoms with Crippen molar-refractivity contribution in [1.82, 2.24) is 10.6 Å². The average molecular weight is 308 g/mol. The van der Waals surface area contributed by atoms with E-state index in [-0.39, 0.29) is 30.8 Å². The molecule has 2 amide bonds. The number of thiophene rings is 1. The summed E-state index contributed by atoms with van der Waals surface area (Å²) >= 11 is 1.37. The van der Waals surface area contributed by atoms with Crippen LogP contribution in [-0.4, -0.2) is 44.7 Å². The monoisotopic (exact) mass is 307 g/mol. The molecule has 0 aromatic carbocycles. The van der Waals surface area contributed by atoms with Crippen molar-refractivity contribution in [3.05, 3.63) is 22.4 Å². The van der Waals surface area contributed by atoms with Crippen LogP contribution in [0.15, 0.2) is 17.5 Å². The molecule has 19 heavy (non-hydrogen) atoms. The Balaban J connectivity index is 0.00000324. The summed E-state index contributed by atoms with van der Waals surface area (Å²) in [6.07, 6.45) is 0. The normalized spacial score (nSPS) is 11.3. The van der Waals surface area contributed by atoms with E-state index in [4.69, 9.17) is 10.5 Å². The second-order valence-corrected chi connectivity index (χ2v) is 4.53. The Morgan fingerprint density at radius 3 is 2.68 bits per heavy atom. The number of halogens is 1. The molecular weight excluding hydrogens is 290 g/mol. The first-order chi connectivity index (χ1) is 8.65. The van der Waals surface area contributed by atoms with Gasteiger partial charge in [0.1, 0.15) is 6.04 Å². The van der Waals surface area contributed by atoms with Crippen LogP contribution in [0.25, 0.3) is 0 Å². The average Bonchev–Trinajstić information content (AvgIpc) is 2.88. The number of carbonyl (C=O) groups excluding carboxylic acids is 2. The van der Waals surface area contributed by atoms with Gasteiger partial charge in [-0.3, -0.25) is 9.59 Å². The lowest BCUT2D eigenvalue weighted by Crippen LogP contribution is -2.45. The van der Waals surface area contributed by atoms with Crippen molar-refractivity contribution < 1.29 is 14.3 Å². The zero-order chi connectivity index (χ0) is 13.4. The zero-order valence-electron chi connectivity index (χ0n) is 10.5. The fourth-order valence-electron chi connectivity index (χ4n) is 1.24. The first-order valence-electron chi connectivity index (χ1n) is 5.49. The molecule has 108 valence electrons. The number of carbonyl (C=O) groups is 2. The molecule has 0 aliphatic heterocycles. The first-order valence-corrected chi connectivity index (χ1v) is 6.37. The van der Waals surface area contributed by atoms with Crippen LogP contribution in [0.1, 0.15) is 9.67 Å². The van der Waals surface area contributed by atoms with Crippen LogP contribution in [0.2, 0.25) is 0 Å². The first kappa shape index (κ1) is 17.8. The zero-order valence-corrected chi connectivity index (χ0v) is 12.2. The van der Waals surface area contributed by atoms with Crippen LogP contribution >= 0.6 is 23.7 Å². The van der Waals surface area contributed by atoms with Gasteiger partial charge in [-0.2, -0.15) is 0 Å². The Morgan fingerprint density at radius 1 is 1.42 bits per heavy atom. The minimum absolute atomic E-state index is 0. The van der Waals surface area contributed by atoms with Gasteiger partial charge in [-0.05, 0) is 11.4 Å². The smallest absolute Gasteiger partial charge is 0.261 e. The lowest BCUT2D eigenvalue weighted by molar-refractivity contribution is -0.123. The van der Waals surface area contributed by atoms with Gasteiger partial charge in [-0.15, -0.1) is 23.7 Å². The Hall–Kier alpha value is -1.15. The number of ether oxygens (including phenoxy) is 1. The van der Waals surface area contributed by atoms with Gasteiger partial charge in [0.05, 0.1) is 11.5 Å². The second-order valence-electron chi connectivity index (χ2n) is 3.59. The summed E-state index contributed by atoms with van der Waals surface area (Å²) in [5.41, 5.74) is 5.52. The molecule has 8 heteroatoms. The van der Waals surface area contributed by atoms with Crippen LogP contribution in [-0.2, 0) is 9.53 Å². The molecule has 1 atom stereocenters.